The average molecular weight is 251 g/mol. The van der Waals surface area contributed by atoms with Gasteiger partial charge in [-0.1, -0.05) is 26.7 Å². The molecule has 0 aromatic carbocycles. The van der Waals surface area contributed by atoms with Gasteiger partial charge < -0.3 is 5.32 Å². The first-order valence-electron chi connectivity index (χ1n) is 6.93. The van der Waals surface area contributed by atoms with E-state index < -0.39 is 0 Å². The Morgan fingerprint density at radius 2 is 2.18 bits per heavy atom. The van der Waals surface area contributed by atoms with Crippen molar-refractivity contribution >= 4 is 11.3 Å². The van der Waals surface area contributed by atoms with Crippen LogP contribution in [-0.4, -0.2) is 6.54 Å². The molecule has 0 amide bonds. The van der Waals surface area contributed by atoms with Crippen LogP contribution in [0.2, 0.25) is 0 Å². The lowest BCUT2D eigenvalue weighted by Gasteiger charge is -2.28. The zero-order valence-electron chi connectivity index (χ0n) is 11.5. The third-order valence-electron chi connectivity index (χ3n) is 4.19. The second-order valence-corrected chi connectivity index (χ2v) is 6.94. The summed E-state index contributed by atoms with van der Waals surface area (Å²) < 4.78 is 0. The molecule has 1 N–H and O–H groups in total. The molecular formula is C15H25NS. The van der Waals surface area contributed by atoms with Gasteiger partial charge in [0.05, 0.1) is 0 Å². The zero-order valence-corrected chi connectivity index (χ0v) is 12.4. The average Bonchev–Trinajstić information content (AvgIpc) is 2.82. The topological polar surface area (TPSA) is 12.0 Å². The summed E-state index contributed by atoms with van der Waals surface area (Å²) in [5.74, 6) is 1.71. The van der Waals surface area contributed by atoms with E-state index in [1.165, 1.54) is 29.0 Å². The molecule has 0 aliphatic heterocycles. The van der Waals surface area contributed by atoms with E-state index >= 15 is 0 Å². The summed E-state index contributed by atoms with van der Waals surface area (Å²) >= 11 is 1.94. The zero-order chi connectivity index (χ0) is 12.4. The van der Waals surface area contributed by atoms with E-state index in [1.54, 1.807) is 5.56 Å². The maximum absolute atomic E-state index is 3.73. The van der Waals surface area contributed by atoms with Gasteiger partial charge in [0, 0.05) is 15.8 Å². The van der Waals surface area contributed by atoms with E-state index in [4.69, 9.17) is 0 Å². The Hall–Kier alpha value is -0.340. The summed E-state index contributed by atoms with van der Waals surface area (Å²) in [6.07, 6.45) is 4.22. The molecule has 1 nitrogen and oxygen atoms in total. The first kappa shape index (κ1) is 13.1. The van der Waals surface area contributed by atoms with Gasteiger partial charge in [0.2, 0.25) is 0 Å². The third-order valence-corrected chi connectivity index (χ3v) is 5.18. The highest BCUT2D eigenvalue weighted by Gasteiger charge is 2.32. The highest BCUT2D eigenvalue weighted by Crippen LogP contribution is 2.42. The van der Waals surface area contributed by atoms with Crippen molar-refractivity contribution in [2.75, 3.05) is 6.54 Å². The summed E-state index contributed by atoms with van der Waals surface area (Å²) in [5.41, 5.74) is 1.56. The van der Waals surface area contributed by atoms with E-state index in [0.29, 0.717) is 6.04 Å². The molecule has 1 aromatic heterocycles. The Labute approximate surface area is 110 Å². The number of thiophene rings is 1. The van der Waals surface area contributed by atoms with Gasteiger partial charge in [0.1, 0.15) is 0 Å². The van der Waals surface area contributed by atoms with Crippen molar-refractivity contribution in [2.24, 2.45) is 11.8 Å². The number of nitrogens with one attached hydrogen (secondary N) is 1. The maximum Gasteiger partial charge on any atom is 0.0362 e. The molecule has 1 aliphatic rings. The SMILES string of the molecule is CCNC(c1cc(C)sc1C)C1CCCC1C. The smallest absolute Gasteiger partial charge is 0.0362 e. The minimum absolute atomic E-state index is 0.586. The first-order valence-corrected chi connectivity index (χ1v) is 7.75. The van der Waals surface area contributed by atoms with Crippen LogP contribution in [0.25, 0.3) is 0 Å². The number of aryl methyl sites for hydroxylation is 2. The molecular weight excluding hydrogens is 226 g/mol. The maximum atomic E-state index is 3.73. The van der Waals surface area contributed by atoms with Gasteiger partial charge in [-0.05, 0) is 50.3 Å². The van der Waals surface area contributed by atoms with Crippen molar-refractivity contribution in [3.05, 3.63) is 21.4 Å². The van der Waals surface area contributed by atoms with Crippen molar-refractivity contribution < 1.29 is 0 Å². The fourth-order valence-electron chi connectivity index (χ4n) is 3.34. The molecule has 2 rings (SSSR count). The van der Waals surface area contributed by atoms with Gasteiger partial charge in [0.25, 0.3) is 0 Å². The fraction of sp³-hybridized carbons (Fsp3) is 0.733. The monoisotopic (exact) mass is 251 g/mol. The molecule has 1 saturated carbocycles. The standard InChI is InChI=1S/C15H25NS/c1-5-16-15(13-8-6-7-10(13)2)14-9-11(3)17-12(14)4/h9-10,13,15-16H,5-8H2,1-4H3. The number of hydrogen-bond donors (Lipinski definition) is 1. The summed E-state index contributed by atoms with van der Waals surface area (Å²) in [6.45, 7) is 10.2. The minimum Gasteiger partial charge on any atom is -0.310 e. The van der Waals surface area contributed by atoms with E-state index in [9.17, 15) is 0 Å². The van der Waals surface area contributed by atoms with Crippen LogP contribution in [-0.2, 0) is 0 Å². The summed E-state index contributed by atoms with van der Waals surface area (Å²) in [6, 6.07) is 2.99. The Balaban J connectivity index is 2.25. The number of hydrogen-bond acceptors (Lipinski definition) is 2. The lowest BCUT2D eigenvalue weighted by Crippen LogP contribution is -2.29. The Morgan fingerprint density at radius 1 is 1.41 bits per heavy atom. The molecule has 3 unspecified atom stereocenters. The van der Waals surface area contributed by atoms with E-state index in [1.807, 2.05) is 11.3 Å². The van der Waals surface area contributed by atoms with Crippen molar-refractivity contribution in [1.29, 1.82) is 0 Å². The van der Waals surface area contributed by atoms with Crippen LogP contribution in [0.5, 0.6) is 0 Å². The highest BCUT2D eigenvalue weighted by molar-refractivity contribution is 7.12. The second kappa shape index (κ2) is 5.53. The van der Waals surface area contributed by atoms with Crippen LogP contribution < -0.4 is 5.32 Å². The van der Waals surface area contributed by atoms with Crippen LogP contribution in [0, 0.1) is 25.7 Å². The normalized spacial score (nSPS) is 26.4. The van der Waals surface area contributed by atoms with Crippen LogP contribution in [0.4, 0.5) is 0 Å². The number of rotatable bonds is 4. The van der Waals surface area contributed by atoms with Crippen molar-refractivity contribution in [2.45, 2.75) is 53.0 Å². The Bertz CT molecular complexity index is 369. The van der Waals surface area contributed by atoms with Crippen LogP contribution in [0.3, 0.4) is 0 Å². The largest absolute Gasteiger partial charge is 0.310 e. The molecule has 1 aliphatic carbocycles. The molecule has 0 radical (unpaired) electrons. The lowest BCUT2D eigenvalue weighted by atomic mass is 9.86. The summed E-state index contributed by atoms with van der Waals surface area (Å²) in [5, 5.41) is 3.73. The molecule has 17 heavy (non-hydrogen) atoms. The minimum atomic E-state index is 0.586. The summed E-state index contributed by atoms with van der Waals surface area (Å²) in [7, 11) is 0. The molecule has 2 heteroatoms. The van der Waals surface area contributed by atoms with Crippen molar-refractivity contribution in [1.82, 2.24) is 5.32 Å². The summed E-state index contributed by atoms with van der Waals surface area (Å²) in [4.78, 5) is 2.96. The molecule has 1 aromatic rings. The van der Waals surface area contributed by atoms with E-state index in [-0.39, 0.29) is 0 Å². The predicted molar refractivity (Wildman–Crippen MR) is 76.7 cm³/mol. The second-order valence-electron chi connectivity index (χ2n) is 5.48. The molecule has 3 atom stereocenters. The quantitative estimate of drug-likeness (QED) is 0.833. The lowest BCUT2D eigenvalue weighted by molar-refractivity contribution is 0.305. The van der Waals surface area contributed by atoms with Gasteiger partial charge in [-0.2, -0.15) is 0 Å². The first-order chi connectivity index (χ1) is 8.13. The molecule has 0 saturated heterocycles. The van der Waals surface area contributed by atoms with Gasteiger partial charge in [-0.3, -0.25) is 0 Å². The molecule has 96 valence electrons. The van der Waals surface area contributed by atoms with Crippen LogP contribution in [0.15, 0.2) is 6.07 Å². The Morgan fingerprint density at radius 3 is 2.65 bits per heavy atom. The molecule has 1 heterocycles. The van der Waals surface area contributed by atoms with Crippen molar-refractivity contribution in [3.8, 4) is 0 Å². The van der Waals surface area contributed by atoms with Gasteiger partial charge in [-0.15, -0.1) is 11.3 Å². The van der Waals surface area contributed by atoms with Gasteiger partial charge >= 0.3 is 0 Å². The predicted octanol–water partition coefficient (Wildman–Crippen LogP) is 4.45. The molecule has 0 bridgehead atoms. The Kier molecular flexibility index (Phi) is 4.26. The highest BCUT2D eigenvalue weighted by atomic mass is 32.1. The van der Waals surface area contributed by atoms with Gasteiger partial charge in [-0.25, -0.2) is 0 Å². The van der Waals surface area contributed by atoms with Crippen LogP contribution in [0.1, 0.15) is 54.5 Å². The van der Waals surface area contributed by atoms with Crippen LogP contribution >= 0.6 is 11.3 Å². The van der Waals surface area contributed by atoms with Gasteiger partial charge in [0.15, 0.2) is 0 Å². The fourth-order valence-corrected chi connectivity index (χ4v) is 4.31. The van der Waals surface area contributed by atoms with E-state index in [0.717, 1.165) is 18.4 Å². The third kappa shape index (κ3) is 2.74. The molecule has 0 spiro atoms. The molecule has 1 fully saturated rings. The van der Waals surface area contributed by atoms with E-state index in [2.05, 4.69) is 39.1 Å². The van der Waals surface area contributed by atoms with Crippen molar-refractivity contribution in [3.63, 3.8) is 0 Å².